The molecule has 5 heteroatoms. The van der Waals surface area contributed by atoms with Crippen molar-refractivity contribution in [1.82, 2.24) is 4.90 Å². The number of halogens is 1. The summed E-state index contributed by atoms with van der Waals surface area (Å²) in [6.07, 6.45) is 1.66. The van der Waals surface area contributed by atoms with Crippen LogP contribution in [0.4, 0.5) is 0 Å². The topological polar surface area (TPSA) is 38.8 Å². The molecule has 1 aromatic rings. The van der Waals surface area contributed by atoms with Crippen LogP contribution in [0.1, 0.15) is 30.1 Å². The number of hydrogen-bond donors (Lipinski definition) is 0. The predicted octanol–water partition coefficient (Wildman–Crippen LogP) is 2.82. The Morgan fingerprint density at radius 1 is 1.30 bits per heavy atom. The largest absolute Gasteiger partial charge is 0.347 e. The van der Waals surface area contributed by atoms with E-state index in [0.29, 0.717) is 19.7 Å². The summed E-state index contributed by atoms with van der Waals surface area (Å²) in [5, 5.41) is 0. The highest BCUT2D eigenvalue weighted by Crippen LogP contribution is 2.34. The molecule has 108 valence electrons. The molecule has 4 nitrogen and oxygen atoms in total. The molecule has 2 aliphatic heterocycles. The maximum absolute atomic E-state index is 12.4. The molecule has 1 amide bonds. The van der Waals surface area contributed by atoms with E-state index >= 15 is 0 Å². The van der Waals surface area contributed by atoms with Crippen molar-refractivity contribution in [3.05, 3.63) is 34.3 Å². The highest BCUT2D eigenvalue weighted by molar-refractivity contribution is 9.10. The molecule has 2 saturated heterocycles. The number of rotatable bonds is 1. The molecule has 0 aliphatic carbocycles. The number of ether oxygens (including phenoxy) is 2. The minimum absolute atomic E-state index is 0.0818. The second kappa shape index (κ2) is 5.47. The van der Waals surface area contributed by atoms with E-state index in [9.17, 15) is 4.79 Å². The van der Waals surface area contributed by atoms with E-state index in [2.05, 4.69) is 15.9 Å². The van der Waals surface area contributed by atoms with E-state index in [1.54, 1.807) is 0 Å². The van der Waals surface area contributed by atoms with Crippen LogP contribution in [0.25, 0.3) is 0 Å². The number of piperidine rings is 1. The van der Waals surface area contributed by atoms with Crippen LogP contribution in [0.15, 0.2) is 28.7 Å². The SMILES string of the molecule is CC1COC2(CCN(C(=O)c3ccc(Br)cc3)CC2)O1. The lowest BCUT2D eigenvalue weighted by molar-refractivity contribution is -0.189. The summed E-state index contributed by atoms with van der Waals surface area (Å²) in [6.45, 7) is 4.04. The summed E-state index contributed by atoms with van der Waals surface area (Å²) in [5.74, 6) is -0.367. The van der Waals surface area contributed by atoms with Crippen LogP contribution in [0.2, 0.25) is 0 Å². The predicted molar refractivity (Wildman–Crippen MR) is 78.5 cm³/mol. The van der Waals surface area contributed by atoms with E-state index < -0.39 is 5.79 Å². The molecule has 1 aromatic carbocycles. The van der Waals surface area contributed by atoms with Crippen molar-refractivity contribution in [2.45, 2.75) is 31.7 Å². The summed E-state index contributed by atoms with van der Waals surface area (Å²) in [7, 11) is 0. The van der Waals surface area contributed by atoms with Gasteiger partial charge in [-0.25, -0.2) is 0 Å². The molecular weight excluding hydrogens is 322 g/mol. The van der Waals surface area contributed by atoms with Gasteiger partial charge in [0.05, 0.1) is 12.7 Å². The Morgan fingerprint density at radius 2 is 1.95 bits per heavy atom. The smallest absolute Gasteiger partial charge is 0.253 e. The average Bonchev–Trinajstić information content (AvgIpc) is 2.81. The molecule has 2 aliphatic rings. The molecule has 2 fully saturated rings. The lowest BCUT2D eigenvalue weighted by Gasteiger charge is -2.37. The summed E-state index contributed by atoms with van der Waals surface area (Å²) in [6, 6.07) is 7.48. The number of likely N-dealkylation sites (tertiary alicyclic amines) is 1. The van der Waals surface area contributed by atoms with Gasteiger partial charge < -0.3 is 14.4 Å². The van der Waals surface area contributed by atoms with Gasteiger partial charge in [0.15, 0.2) is 5.79 Å². The number of hydrogen-bond acceptors (Lipinski definition) is 3. The number of carbonyl (C=O) groups excluding carboxylic acids is 1. The Kier molecular flexibility index (Phi) is 3.84. The minimum Gasteiger partial charge on any atom is -0.347 e. The van der Waals surface area contributed by atoms with Crippen molar-refractivity contribution in [3.8, 4) is 0 Å². The second-order valence-corrected chi connectivity index (χ2v) is 6.36. The van der Waals surface area contributed by atoms with Crippen molar-refractivity contribution in [2.24, 2.45) is 0 Å². The molecule has 0 radical (unpaired) electrons. The molecule has 0 N–H and O–H groups in total. The molecule has 0 bridgehead atoms. The molecule has 0 aromatic heterocycles. The van der Waals surface area contributed by atoms with E-state index in [0.717, 1.165) is 22.9 Å². The van der Waals surface area contributed by atoms with Crippen molar-refractivity contribution in [2.75, 3.05) is 19.7 Å². The van der Waals surface area contributed by atoms with Gasteiger partial charge in [-0.05, 0) is 31.2 Å². The molecule has 20 heavy (non-hydrogen) atoms. The summed E-state index contributed by atoms with van der Waals surface area (Å²) < 4.78 is 12.6. The van der Waals surface area contributed by atoms with Crippen molar-refractivity contribution < 1.29 is 14.3 Å². The van der Waals surface area contributed by atoms with Gasteiger partial charge >= 0.3 is 0 Å². The van der Waals surface area contributed by atoms with Gasteiger partial charge in [0.2, 0.25) is 0 Å². The first-order valence-electron chi connectivity index (χ1n) is 6.95. The highest BCUT2D eigenvalue weighted by Gasteiger charge is 2.43. The Bertz CT molecular complexity index is 494. The molecule has 3 rings (SSSR count). The zero-order chi connectivity index (χ0) is 14.2. The summed E-state index contributed by atoms with van der Waals surface area (Å²) in [5.41, 5.74) is 0.728. The van der Waals surface area contributed by atoms with Crippen LogP contribution in [0, 0.1) is 0 Å². The first-order chi connectivity index (χ1) is 9.58. The summed E-state index contributed by atoms with van der Waals surface area (Å²) in [4.78, 5) is 14.3. The van der Waals surface area contributed by atoms with Gasteiger partial charge in [-0.3, -0.25) is 4.79 Å². The van der Waals surface area contributed by atoms with Gasteiger partial charge in [0, 0.05) is 36.0 Å². The highest BCUT2D eigenvalue weighted by atomic mass is 79.9. The van der Waals surface area contributed by atoms with Crippen LogP contribution < -0.4 is 0 Å². The zero-order valence-corrected chi connectivity index (χ0v) is 13.1. The molecule has 1 atom stereocenters. The average molecular weight is 340 g/mol. The molecule has 1 spiro atoms. The number of carbonyl (C=O) groups is 1. The van der Waals surface area contributed by atoms with Crippen LogP contribution in [-0.2, 0) is 9.47 Å². The number of amides is 1. The van der Waals surface area contributed by atoms with Crippen LogP contribution in [-0.4, -0.2) is 42.4 Å². The third-order valence-corrected chi connectivity index (χ3v) is 4.43. The fourth-order valence-electron chi connectivity index (χ4n) is 2.79. The third-order valence-electron chi connectivity index (χ3n) is 3.90. The second-order valence-electron chi connectivity index (χ2n) is 5.45. The van der Waals surface area contributed by atoms with E-state index in [1.807, 2.05) is 36.1 Å². The van der Waals surface area contributed by atoms with Crippen molar-refractivity contribution >= 4 is 21.8 Å². The zero-order valence-electron chi connectivity index (χ0n) is 11.5. The van der Waals surface area contributed by atoms with Crippen LogP contribution >= 0.6 is 15.9 Å². The monoisotopic (exact) mass is 339 g/mol. The molecular formula is C15H18BrNO3. The minimum atomic E-state index is -0.448. The quantitative estimate of drug-likeness (QED) is 0.789. The van der Waals surface area contributed by atoms with Gasteiger partial charge in [0.25, 0.3) is 5.91 Å². The first-order valence-corrected chi connectivity index (χ1v) is 7.74. The molecule has 0 saturated carbocycles. The van der Waals surface area contributed by atoms with E-state index in [1.165, 1.54) is 0 Å². The first kappa shape index (κ1) is 14.0. The maximum Gasteiger partial charge on any atom is 0.253 e. The Labute approximate surface area is 127 Å². The third kappa shape index (κ3) is 2.75. The summed E-state index contributed by atoms with van der Waals surface area (Å²) >= 11 is 3.38. The lowest BCUT2D eigenvalue weighted by atomic mass is 10.0. The van der Waals surface area contributed by atoms with Gasteiger partial charge in [-0.2, -0.15) is 0 Å². The number of benzene rings is 1. The normalized spacial score (nSPS) is 25.1. The molecule has 2 heterocycles. The lowest BCUT2D eigenvalue weighted by Crippen LogP contribution is -2.47. The number of nitrogens with zero attached hydrogens (tertiary/aromatic N) is 1. The van der Waals surface area contributed by atoms with Crippen molar-refractivity contribution in [3.63, 3.8) is 0 Å². The van der Waals surface area contributed by atoms with Gasteiger partial charge in [-0.15, -0.1) is 0 Å². The van der Waals surface area contributed by atoms with E-state index in [-0.39, 0.29) is 12.0 Å². The van der Waals surface area contributed by atoms with Crippen LogP contribution in [0.3, 0.4) is 0 Å². The van der Waals surface area contributed by atoms with E-state index in [4.69, 9.17) is 9.47 Å². The Hall–Kier alpha value is -0.910. The standard InChI is InChI=1S/C15H18BrNO3/c1-11-10-19-15(20-11)6-8-17(9-7-15)14(18)12-2-4-13(16)5-3-12/h2-5,11H,6-10H2,1H3. The fraction of sp³-hybridized carbons (Fsp3) is 0.533. The maximum atomic E-state index is 12.4. The van der Waals surface area contributed by atoms with Crippen molar-refractivity contribution in [1.29, 1.82) is 0 Å². The Balaban J connectivity index is 1.63. The molecule has 1 unspecified atom stereocenters. The Morgan fingerprint density at radius 3 is 2.50 bits per heavy atom. The van der Waals surface area contributed by atoms with Gasteiger partial charge in [0.1, 0.15) is 0 Å². The van der Waals surface area contributed by atoms with Gasteiger partial charge in [-0.1, -0.05) is 15.9 Å². The van der Waals surface area contributed by atoms with Crippen LogP contribution in [0.5, 0.6) is 0 Å². The fourth-order valence-corrected chi connectivity index (χ4v) is 3.06.